The number of carbonyl (C=O) groups excluding carboxylic acids is 2. The summed E-state index contributed by atoms with van der Waals surface area (Å²) in [5, 5.41) is 0.841. The molecule has 6 heteroatoms. The van der Waals surface area contributed by atoms with Gasteiger partial charge in [-0.1, -0.05) is 15.9 Å². The molecule has 0 aliphatic heterocycles. The minimum atomic E-state index is -0.907. The van der Waals surface area contributed by atoms with Crippen LogP contribution in [0, 0.1) is 0 Å². The highest BCUT2D eigenvalue weighted by Gasteiger charge is 2.18. The number of Topliss-reactive ketones (excluding diaryl/α,β-unsaturated/α-hetero) is 1. The van der Waals surface area contributed by atoms with Crippen LogP contribution in [0.15, 0.2) is 18.2 Å². The lowest BCUT2D eigenvalue weighted by Gasteiger charge is -2.11. The summed E-state index contributed by atoms with van der Waals surface area (Å²) in [7, 11) is 2.63. The molecule has 0 amide bonds. The molecule has 0 aromatic heterocycles. The number of esters is 1. The number of hydrogen-bond donors (Lipinski definition) is 0. The van der Waals surface area contributed by atoms with Crippen molar-refractivity contribution < 1.29 is 23.8 Å². The highest BCUT2D eigenvalue weighted by Crippen LogP contribution is 2.28. The maximum absolute atomic E-state index is 11.6. The van der Waals surface area contributed by atoms with E-state index >= 15 is 0 Å². The molecule has 0 fully saturated rings. The van der Waals surface area contributed by atoms with Gasteiger partial charge in [-0.3, -0.25) is 4.79 Å². The van der Waals surface area contributed by atoms with Crippen molar-refractivity contribution in [3.63, 3.8) is 0 Å². The van der Waals surface area contributed by atoms with Crippen LogP contribution in [0.1, 0.15) is 16.8 Å². The summed E-state index contributed by atoms with van der Waals surface area (Å²) >= 11 is 3.31. The number of methoxy groups -OCH3 is 2. The minimum absolute atomic E-state index is 0.205. The third-order valence-corrected chi connectivity index (χ3v) is 2.89. The number of ketones is 1. The van der Waals surface area contributed by atoms with Gasteiger partial charge in [0.25, 0.3) is 5.78 Å². The van der Waals surface area contributed by atoms with E-state index in [-0.39, 0.29) is 5.56 Å². The number of alkyl halides is 1. The first-order chi connectivity index (χ1) is 9.13. The van der Waals surface area contributed by atoms with Gasteiger partial charge in [0.15, 0.2) is 11.5 Å². The van der Waals surface area contributed by atoms with Crippen molar-refractivity contribution >= 4 is 27.7 Å². The lowest BCUT2D eigenvalue weighted by atomic mass is 10.1. The average molecular weight is 331 g/mol. The van der Waals surface area contributed by atoms with Gasteiger partial charge < -0.3 is 14.2 Å². The molecule has 0 N–H and O–H groups in total. The molecule has 0 aliphatic carbocycles. The fourth-order valence-electron chi connectivity index (χ4n) is 1.38. The standard InChI is InChI=1S/C13H15BrO5/c1-17-11-8-9(12(15)13(16)18-2)4-5-10(11)19-7-3-6-14/h4-5,8H,3,6-7H2,1-2H3. The van der Waals surface area contributed by atoms with Gasteiger partial charge in [-0.25, -0.2) is 4.79 Å². The van der Waals surface area contributed by atoms with E-state index in [9.17, 15) is 9.59 Å². The molecule has 1 aromatic carbocycles. The second-order valence-corrected chi connectivity index (χ2v) is 4.37. The lowest BCUT2D eigenvalue weighted by molar-refractivity contribution is -0.135. The normalized spacial score (nSPS) is 9.84. The van der Waals surface area contributed by atoms with Crippen molar-refractivity contribution in [2.75, 3.05) is 26.2 Å². The van der Waals surface area contributed by atoms with Crippen molar-refractivity contribution in [2.24, 2.45) is 0 Å². The smallest absolute Gasteiger partial charge is 0.379 e. The fraction of sp³-hybridized carbons (Fsp3) is 0.385. The first-order valence-corrected chi connectivity index (χ1v) is 6.75. The highest BCUT2D eigenvalue weighted by molar-refractivity contribution is 9.09. The van der Waals surface area contributed by atoms with Gasteiger partial charge >= 0.3 is 5.97 Å². The van der Waals surface area contributed by atoms with Crippen LogP contribution in [-0.4, -0.2) is 37.9 Å². The summed E-state index contributed by atoms with van der Waals surface area (Å²) < 4.78 is 15.0. The first kappa shape index (κ1) is 15.5. The topological polar surface area (TPSA) is 61.8 Å². The Kier molecular flexibility index (Phi) is 6.35. The van der Waals surface area contributed by atoms with Crippen molar-refractivity contribution in [1.29, 1.82) is 0 Å². The number of ether oxygens (including phenoxy) is 3. The number of halogens is 1. The van der Waals surface area contributed by atoms with Crippen LogP contribution in [0.3, 0.4) is 0 Å². The zero-order valence-electron chi connectivity index (χ0n) is 10.8. The summed E-state index contributed by atoms with van der Waals surface area (Å²) in [6.45, 7) is 0.534. The van der Waals surface area contributed by atoms with Crippen molar-refractivity contribution in [3.05, 3.63) is 23.8 Å². The van der Waals surface area contributed by atoms with Crippen molar-refractivity contribution in [2.45, 2.75) is 6.42 Å². The zero-order valence-corrected chi connectivity index (χ0v) is 12.4. The summed E-state index contributed by atoms with van der Waals surface area (Å²) in [5.74, 6) is -0.683. The van der Waals surface area contributed by atoms with E-state index in [0.717, 1.165) is 18.9 Å². The maximum atomic E-state index is 11.6. The zero-order chi connectivity index (χ0) is 14.3. The van der Waals surface area contributed by atoms with Gasteiger partial charge in [-0.15, -0.1) is 0 Å². The number of carbonyl (C=O) groups is 2. The Labute approximate surface area is 120 Å². The van der Waals surface area contributed by atoms with Gasteiger partial charge in [0.05, 0.1) is 20.8 Å². The summed E-state index contributed by atoms with van der Waals surface area (Å²) in [6.07, 6.45) is 0.853. The van der Waals surface area contributed by atoms with Gasteiger partial charge in [-0.2, -0.15) is 0 Å². The molecule has 5 nitrogen and oxygen atoms in total. The Morgan fingerprint density at radius 2 is 1.95 bits per heavy atom. The minimum Gasteiger partial charge on any atom is -0.493 e. The molecule has 0 saturated carbocycles. The van der Waals surface area contributed by atoms with E-state index in [1.807, 2.05) is 0 Å². The molecule has 0 unspecified atom stereocenters. The summed E-state index contributed by atoms with van der Waals surface area (Å²) in [4.78, 5) is 22.8. The summed E-state index contributed by atoms with van der Waals surface area (Å²) in [6, 6.07) is 4.57. The van der Waals surface area contributed by atoms with Crippen LogP contribution in [0.5, 0.6) is 11.5 Å². The van der Waals surface area contributed by atoms with Crippen LogP contribution < -0.4 is 9.47 Å². The third-order valence-electron chi connectivity index (χ3n) is 2.33. The highest BCUT2D eigenvalue weighted by atomic mass is 79.9. The van der Waals surface area contributed by atoms with Crippen LogP contribution in [0.25, 0.3) is 0 Å². The molecule has 0 atom stereocenters. The van der Waals surface area contributed by atoms with Gasteiger partial charge in [-0.05, 0) is 24.6 Å². The van der Waals surface area contributed by atoms with E-state index in [4.69, 9.17) is 9.47 Å². The second-order valence-electron chi connectivity index (χ2n) is 3.58. The van der Waals surface area contributed by atoms with E-state index in [2.05, 4.69) is 20.7 Å². The Morgan fingerprint density at radius 1 is 1.21 bits per heavy atom. The van der Waals surface area contributed by atoms with Crippen LogP contribution in [0.2, 0.25) is 0 Å². The number of rotatable bonds is 7. The molecule has 0 bridgehead atoms. The van der Waals surface area contributed by atoms with E-state index in [0.29, 0.717) is 18.1 Å². The maximum Gasteiger partial charge on any atom is 0.379 e. The third kappa shape index (κ3) is 4.24. The second kappa shape index (κ2) is 7.78. The van der Waals surface area contributed by atoms with E-state index < -0.39 is 11.8 Å². The molecule has 1 aromatic rings. The van der Waals surface area contributed by atoms with E-state index in [1.165, 1.54) is 19.2 Å². The van der Waals surface area contributed by atoms with Crippen molar-refractivity contribution in [3.8, 4) is 11.5 Å². The van der Waals surface area contributed by atoms with Gasteiger partial charge in [0.2, 0.25) is 0 Å². The number of benzene rings is 1. The Balaban J connectivity index is 2.89. The Hall–Kier alpha value is -1.56. The van der Waals surface area contributed by atoms with Gasteiger partial charge in [0, 0.05) is 10.9 Å². The van der Waals surface area contributed by atoms with Crippen LogP contribution in [-0.2, 0) is 9.53 Å². The predicted octanol–water partition coefficient (Wildman–Crippen LogP) is 2.21. The largest absolute Gasteiger partial charge is 0.493 e. The molecule has 0 aliphatic rings. The molecular formula is C13H15BrO5. The van der Waals surface area contributed by atoms with Crippen molar-refractivity contribution in [1.82, 2.24) is 0 Å². The molecule has 1 rings (SSSR count). The summed E-state index contributed by atoms with van der Waals surface area (Å²) in [5.41, 5.74) is 0.205. The number of hydrogen-bond acceptors (Lipinski definition) is 5. The molecule has 0 radical (unpaired) electrons. The van der Waals surface area contributed by atoms with E-state index in [1.54, 1.807) is 6.07 Å². The quantitative estimate of drug-likeness (QED) is 0.252. The fourth-order valence-corrected chi connectivity index (χ4v) is 1.60. The Bertz CT molecular complexity index is 458. The molecule has 0 heterocycles. The molecule has 19 heavy (non-hydrogen) atoms. The predicted molar refractivity (Wildman–Crippen MR) is 73.2 cm³/mol. The average Bonchev–Trinajstić information content (AvgIpc) is 2.46. The lowest BCUT2D eigenvalue weighted by Crippen LogP contribution is -2.15. The molecule has 0 saturated heterocycles. The SMILES string of the molecule is COC(=O)C(=O)c1ccc(OCCCBr)c(OC)c1. The molecular weight excluding hydrogens is 316 g/mol. The molecule has 0 spiro atoms. The first-order valence-electron chi connectivity index (χ1n) is 5.63. The van der Waals surface area contributed by atoms with Gasteiger partial charge in [0.1, 0.15) is 0 Å². The van der Waals surface area contributed by atoms with Crippen LogP contribution in [0.4, 0.5) is 0 Å². The Morgan fingerprint density at radius 3 is 2.53 bits per heavy atom. The monoisotopic (exact) mass is 330 g/mol. The van der Waals surface area contributed by atoms with Crippen LogP contribution >= 0.6 is 15.9 Å². The molecule has 104 valence electrons.